The molecule has 3 aromatic rings. The van der Waals surface area contributed by atoms with Crippen molar-refractivity contribution in [3.05, 3.63) is 82.9 Å². The highest BCUT2D eigenvalue weighted by atomic mass is 35.5. The topological polar surface area (TPSA) is 31.6 Å². The summed E-state index contributed by atoms with van der Waals surface area (Å²) in [5, 5.41) is 0.754. The molecule has 3 rings (SSSR count). The Morgan fingerprint density at radius 3 is 1.79 bits per heavy atom. The van der Waals surface area contributed by atoms with E-state index in [2.05, 4.69) is 41.2 Å². The Labute approximate surface area is 117 Å². The molecule has 0 aliphatic carbocycles. The zero-order valence-corrected chi connectivity index (χ0v) is 11.4. The number of nitrogens with one attached hydrogen (secondary N) is 2. The summed E-state index contributed by atoms with van der Waals surface area (Å²) in [6.07, 6.45) is 3.90. The molecule has 3 heteroatoms. The Kier molecular flexibility index (Phi) is 2.96. The molecule has 1 aromatic carbocycles. The molecule has 0 atom stereocenters. The second kappa shape index (κ2) is 4.63. The van der Waals surface area contributed by atoms with Crippen LogP contribution in [0.1, 0.15) is 23.9 Å². The molecule has 0 bridgehead atoms. The van der Waals surface area contributed by atoms with Gasteiger partial charge in [-0.3, -0.25) is 0 Å². The fraction of sp³-hybridized carbons (Fsp3) is 0.125. The highest BCUT2D eigenvalue weighted by molar-refractivity contribution is 6.30. The molecule has 0 aliphatic heterocycles. The van der Waals surface area contributed by atoms with Crippen LogP contribution in [0, 0.1) is 0 Å². The van der Waals surface area contributed by atoms with Gasteiger partial charge in [0, 0.05) is 28.8 Å². The van der Waals surface area contributed by atoms with Crippen molar-refractivity contribution in [2.24, 2.45) is 0 Å². The van der Waals surface area contributed by atoms with E-state index in [1.807, 2.05) is 36.7 Å². The molecule has 2 aromatic heterocycles. The summed E-state index contributed by atoms with van der Waals surface area (Å²) >= 11 is 6.00. The lowest BCUT2D eigenvalue weighted by molar-refractivity contribution is 0.651. The third kappa shape index (κ3) is 1.98. The predicted octanol–water partition coefficient (Wildman–Crippen LogP) is 4.35. The van der Waals surface area contributed by atoms with Gasteiger partial charge in [-0.2, -0.15) is 0 Å². The van der Waals surface area contributed by atoms with Crippen LogP contribution < -0.4 is 0 Å². The fourth-order valence-corrected chi connectivity index (χ4v) is 2.65. The quantitative estimate of drug-likeness (QED) is 0.709. The molecule has 96 valence electrons. The van der Waals surface area contributed by atoms with Crippen LogP contribution in [0.5, 0.6) is 0 Å². The predicted molar refractivity (Wildman–Crippen MR) is 78.6 cm³/mol. The first-order valence-electron chi connectivity index (χ1n) is 6.25. The molecule has 0 saturated carbocycles. The van der Waals surface area contributed by atoms with E-state index in [1.54, 1.807) is 0 Å². The van der Waals surface area contributed by atoms with E-state index in [9.17, 15) is 0 Å². The van der Waals surface area contributed by atoms with E-state index >= 15 is 0 Å². The van der Waals surface area contributed by atoms with Crippen LogP contribution in [0.25, 0.3) is 0 Å². The number of benzene rings is 1. The normalized spacial score (nSPS) is 11.7. The van der Waals surface area contributed by atoms with Gasteiger partial charge < -0.3 is 9.97 Å². The lowest BCUT2D eigenvalue weighted by Gasteiger charge is -2.28. The van der Waals surface area contributed by atoms with Crippen LogP contribution in [0.3, 0.4) is 0 Å². The summed E-state index contributed by atoms with van der Waals surface area (Å²) in [6, 6.07) is 16.3. The summed E-state index contributed by atoms with van der Waals surface area (Å²) < 4.78 is 0. The third-order valence-corrected chi connectivity index (χ3v) is 3.95. The highest BCUT2D eigenvalue weighted by Crippen LogP contribution is 2.37. The molecule has 0 unspecified atom stereocenters. The van der Waals surface area contributed by atoms with Crippen molar-refractivity contribution in [2.45, 2.75) is 12.3 Å². The smallest absolute Gasteiger partial charge is 0.0723 e. The SMILES string of the molecule is CC(c1ccc(Cl)cc1)(c1ccc[nH]1)c1ccc[nH]1. The van der Waals surface area contributed by atoms with Gasteiger partial charge in [0.1, 0.15) is 0 Å². The van der Waals surface area contributed by atoms with E-state index in [4.69, 9.17) is 11.6 Å². The van der Waals surface area contributed by atoms with Crippen molar-refractivity contribution in [3.8, 4) is 0 Å². The lowest BCUT2D eigenvalue weighted by Crippen LogP contribution is -2.26. The zero-order valence-electron chi connectivity index (χ0n) is 10.7. The van der Waals surface area contributed by atoms with Crippen molar-refractivity contribution in [3.63, 3.8) is 0 Å². The molecule has 0 fully saturated rings. The molecule has 0 radical (unpaired) electrons. The minimum Gasteiger partial charge on any atom is -0.364 e. The lowest BCUT2D eigenvalue weighted by atomic mass is 9.77. The van der Waals surface area contributed by atoms with E-state index in [0.29, 0.717) is 0 Å². The molecule has 0 amide bonds. The van der Waals surface area contributed by atoms with E-state index < -0.39 is 0 Å². The van der Waals surface area contributed by atoms with Crippen molar-refractivity contribution >= 4 is 11.6 Å². The van der Waals surface area contributed by atoms with Crippen molar-refractivity contribution in [2.75, 3.05) is 0 Å². The minimum absolute atomic E-state index is 0.239. The van der Waals surface area contributed by atoms with Gasteiger partial charge in [0.2, 0.25) is 0 Å². The molecule has 2 nitrogen and oxygen atoms in total. The molecule has 0 spiro atoms. The number of rotatable bonds is 3. The standard InChI is InChI=1S/C16H15ClN2/c1-16(14-4-2-10-18-14,15-5-3-11-19-15)12-6-8-13(17)9-7-12/h2-11,18-19H,1H3. The maximum absolute atomic E-state index is 6.00. The van der Waals surface area contributed by atoms with Crippen LogP contribution >= 0.6 is 11.6 Å². The Morgan fingerprint density at radius 2 is 1.37 bits per heavy atom. The number of aromatic amines is 2. The first-order valence-corrected chi connectivity index (χ1v) is 6.63. The molecule has 0 aliphatic rings. The first kappa shape index (κ1) is 12.1. The summed E-state index contributed by atoms with van der Waals surface area (Å²) in [6.45, 7) is 2.20. The van der Waals surface area contributed by atoms with Crippen LogP contribution in [0.15, 0.2) is 60.9 Å². The zero-order chi connectivity index (χ0) is 13.3. The number of hydrogen-bond acceptors (Lipinski definition) is 0. The van der Waals surface area contributed by atoms with Crippen molar-refractivity contribution in [1.29, 1.82) is 0 Å². The number of hydrogen-bond donors (Lipinski definition) is 2. The van der Waals surface area contributed by atoms with Crippen LogP contribution in [-0.4, -0.2) is 9.97 Å². The molecular weight excluding hydrogens is 256 g/mol. The van der Waals surface area contributed by atoms with Gasteiger partial charge in [0.05, 0.1) is 5.41 Å². The van der Waals surface area contributed by atoms with Gasteiger partial charge in [-0.25, -0.2) is 0 Å². The van der Waals surface area contributed by atoms with Gasteiger partial charge in [-0.15, -0.1) is 0 Å². The summed E-state index contributed by atoms with van der Waals surface area (Å²) in [7, 11) is 0. The van der Waals surface area contributed by atoms with Gasteiger partial charge >= 0.3 is 0 Å². The van der Waals surface area contributed by atoms with E-state index in [1.165, 1.54) is 5.56 Å². The summed E-state index contributed by atoms with van der Waals surface area (Å²) in [5.41, 5.74) is 3.26. The minimum atomic E-state index is -0.239. The largest absolute Gasteiger partial charge is 0.364 e. The van der Waals surface area contributed by atoms with Crippen LogP contribution in [-0.2, 0) is 5.41 Å². The third-order valence-electron chi connectivity index (χ3n) is 3.69. The summed E-state index contributed by atoms with van der Waals surface area (Å²) in [4.78, 5) is 6.65. The van der Waals surface area contributed by atoms with E-state index in [-0.39, 0.29) is 5.41 Å². The highest BCUT2D eigenvalue weighted by Gasteiger charge is 2.32. The van der Waals surface area contributed by atoms with Crippen LogP contribution in [0.2, 0.25) is 5.02 Å². The van der Waals surface area contributed by atoms with Gasteiger partial charge in [-0.05, 0) is 48.9 Å². The Morgan fingerprint density at radius 1 is 0.842 bits per heavy atom. The average molecular weight is 271 g/mol. The van der Waals surface area contributed by atoms with Gasteiger partial charge in [0.15, 0.2) is 0 Å². The fourth-order valence-electron chi connectivity index (χ4n) is 2.52. The van der Waals surface area contributed by atoms with Crippen molar-refractivity contribution < 1.29 is 0 Å². The number of aromatic nitrogens is 2. The van der Waals surface area contributed by atoms with E-state index in [0.717, 1.165) is 16.4 Å². The van der Waals surface area contributed by atoms with Crippen LogP contribution in [0.4, 0.5) is 0 Å². The second-order valence-electron chi connectivity index (χ2n) is 4.80. The molecule has 2 heterocycles. The Hall–Kier alpha value is -1.93. The molecule has 0 saturated heterocycles. The summed E-state index contributed by atoms with van der Waals surface area (Å²) in [5.74, 6) is 0. The number of H-pyrrole nitrogens is 2. The molecule has 19 heavy (non-hydrogen) atoms. The average Bonchev–Trinajstić information content (AvgIpc) is 3.12. The van der Waals surface area contributed by atoms with Crippen molar-refractivity contribution in [1.82, 2.24) is 9.97 Å². The molecular formula is C16H15ClN2. The maximum atomic E-state index is 6.00. The van der Waals surface area contributed by atoms with Gasteiger partial charge in [-0.1, -0.05) is 23.7 Å². The second-order valence-corrected chi connectivity index (χ2v) is 5.24. The Bertz CT molecular complexity index is 602. The van der Waals surface area contributed by atoms with Gasteiger partial charge in [0.25, 0.3) is 0 Å². The first-order chi connectivity index (χ1) is 9.21. The monoisotopic (exact) mass is 270 g/mol. The molecule has 2 N–H and O–H groups in total. The maximum Gasteiger partial charge on any atom is 0.0723 e. The number of halogens is 1. The Balaban J connectivity index is 2.20.